The summed E-state index contributed by atoms with van der Waals surface area (Å²) in [5.74, 6) is 0.588. The Morgan fingerprint density at radius 3 is 2.70 bits per heavy atom. The van der Waals surface area contributed by atoms with Gasteiger partial charge in [-0.3, -0.25) is 9.59 Å². The minimum absolute atomic E-state index is 0.0335. The van der Waals surface area contributed by atoms with Gasteiger partial charge in [-0.1, -0.05) is 0 Å². The van der Waals surface area contributed by atoms with Crippen molar-refractivity contribution >= 4 is 15.7 Å². The SMILES string of the molecule is O=C(NCC1CS(=O)(=O)C1)c1cc(=O)[nH]c(C2CC2)n1. The van der Waals surface area contributed by atoms with Crippen molar-refractivity contribution in [3.8, 4) is 0 Å². The smallest absolute Gasteiger partial charge is 0.270 e. The van der Waals surface area contributed by atoms with Crippen LogP contribution in [-0.4, -0.2) is 42.3 Å². The van der Waals surface area contributed by atoms with Gasteiger partial charge in [-0.2, -0.15) is 0 Å². The Morgan fingerprint density at radius 1 is 1.40 bits per heavy atom. The predicted octanol–water partition coefficient (Wildman–Crippen LogP) is -0.578. The molecular weight excluding hydrogens is 282 g/mol. The van der Waals surface area contributed by atoms with Gasteiger partial charge in [-0.15, -0.1) is 0 Å². The van der Waals surface area contributed by atoms with E-state index in [2.05, 4.69) is 15.3 Å². The quantitative estimate of drug-likeness (QED) is 0.773. The largest absolute Gasteiger partial charge is 0.350 e. The number of aromatic nitrogens is 2. The number of aromatic amines is 1. The van der Waals surface area contributed by atoms with E-state index in [4.69, 9.17) is 0 Å². The second-order valence-electron chi connectivity index (χ2n) is 5.44. The lowest BCUT2D eigenvalue weighted by Crippen LogP contribution is -2.44. The van der Waals surface area contributed by atoms with Crippen LogP contribution < -0.4 is 10.9 Å². The molecule has 108 valence electrons. The van der Waals surface area contributed by atoms with Gasteiger partial charge in [-0.25, -0.2) is 13.4 Å². The van der Waals surface area contributed by atoms with Crippen LogP contribution in [0.3, 0.4) is 0 Å². The maximum Gasteiger partial charge on any atom is 0.270 e. The van der Waals surface area contributed by atoms with Crippen LogP contribution >= 0.6 is 0 Å². The molecule has 2 N–H and O–H groups in total. The highest BCUT2D eigenvalue weighted by molar-refractivity contribution is 7.92. The van der Waals surface area contributed by atoms with E-state index >= 15 is 0 Å². The summed E-state index contributed by atoms with van der Waals surface area (Å²) >= 11 is 0. The molecule has 0 atom stereocenters. The fraction of sp³-hybridized carbons (Fsp3) is 0.583. The molecule has 1 aromatic heterocycles. The highest BCUT2D eigenvalue weighted by atomic mass is 32.2. The summed E-state index contributed by atoms with van der Waals surface area (Å²) in [6.45, 7) is 0.297. The van der Waals surface area contributed by atoms with E-state index in [-0.39, 0.29) is 34.6 Å². The lowest BCUT2D eigenvalue weighted by molar-refractivity contribution is 0.0942. The molecule has 1 aromatic rings. The standard InChI is InChI=1S/C12H15N3O4S/c16-10-3-9(14-11(15-10)8-1-2-8)12(17)13-4-7-5-20(18,19)6-7/h3,7-8H,1-2,4-6H2,(H,13,17)(H,14,15,16). The van der Waals surface area contributed by atoms with Crippen LogP contribution in [-0.2, 0) is 9.84 Å². The lowest BCUT2D eigenvalue weighted by Gasteiger charge is -2.25. The van der Waals surface area contributed by atoms with Crippen LogP contribution in [0.5, 0.6) is 0 Å². The number of hydrogen-bond acceptors (Lipinski definition) is 5. The van der Waals surface area contributed by atoms with Gasteiger partial charge < -0.3 is 10.3 Å². The number of carbonyl (C=O) groups excluding carboxylic acids is 1. The van der Waals surface area contributed by atoms with Crippen LogP contribution in [0.2, 0.25) is 0 Å². The fourth-order valence-electron chi connectivity index (χ4n) is 2.26. The second kappa shape index (κ2) is 4.69. The van der Waals surface area contributed by atoms with Crippen molar-refractivity contribution in [3.63, 3.8) is 0 Å². The van der Waals surface area contributed by atoms with Gasteiger partial charge in [0.2, 0.25) is 0 Å². The van der Waals surface area contributed by atoms with Gasteiger partial charge in [-0.05, 0) is 12.8 Å². The van der Waals surface area contributed by atoms with Crippen LogP contribution in [0, 0.1) is 5.92 Å². The van der Waals surface area contributed by atoms with Crippen molar-refractivity contribution in [1.82, 2.24) is 15.3 Å². The third kappa shape index (κ3) is 2.90. The number of H-pyrrole nitrogens is 1. The molecule has 8 heteroatoms. The zero-order valence-corrected chi connectivity index (χ0v) is 11.6. The van der Waals surface area contributed by atoms with Crippen LogP contribution in [0.25, 0.3) is 0 Å². The van der Waals surface area contributed by atoms with Crippen molar-refractivity contribution in [2.24, 2.45) is 5.92 Å². The summed E-state index contributed by atoms with van der Waals surface area (Å²) in [5, 5.41) is 2.63. The van der Waals surface area contributed by atoms with E-state index in [1.54, 1.807) is 0 Å². The molecule has 7 nitrogen and oxygen atoms in total. The molecule has 1 aliphatic heterocycles. The first-order valence-corrected chi connectivity index (χ1v) is 8.35. The molecule has 3 rings (SSSR count). The predicted molar refractivity (Wildman–Crippen MR) is 71.3 cm³/mol. The third-order valence-electron chi connectivity index (χ3n) is 3.49. The van der Waals surface area contributed by atoms with Crippen molar-refractivity contribution in [1.29, 1.82) is 0 Å². The Hall–Kier alpha value is -1.70. The summed E-state index contributed by atoms with van der Waals surface area (Å²) < 4.78 is 22.0. The van der Waals surface area contributed by atoms with Crippen molar-refractivity contribution in [2.75, 3.05) is 18.1 Å². The van der Waals surface area contributed by atoms with Gasteiger partial charge in [0.1, 0.15) is 11.5 Å². The van der Waals surface area contributed by atoms with E-state index in [0.29, 0.717) is 12.4 Å². The van der Waals surface area contributed by atoms with Crippen LogP contribution in [0.15, 0.2) is 10.9 Å². The molecule has 0 unspecified atom stereocenters. The topological polar surface area (TPSA) is 109 Å². The van der Waals surface area contributed by atoms with Crippen molar-refractivity contribution in [3.05, 3.63) is 27.9 Å². The van der Waals surface area contributed by atoms with Gasteiger partial charge in [0.05, 0.1) is 11.5 Å². The summed E-state index contributed by atoms with van der Waals surface area (Å²) in [5.41, 5.74) is -0.240. The number of sulfone groups is 1. The van der Waals surface area contributed by atoms with E-state index in [1.807, 2.05) is 0 Å². The third-order valence-corrected chi connectivity index (χ3v) is 5.45. The minimum Gasteiger partial charge on any atom is -0.350 e. The summed E-state index contributed by atoms with van der Waals surface area (Å²) in [6, 6.07) is 1.17. The highest BCUT2D eigenvalue weighted by Gasteiger charge is 2.33. The average Bonchev–Trinajstić information content (AvgIpc) is 3.16. The molecular formula is C12H15N3O4S. The summed E-state index contributed by atoms with van der Waals surface area (Å²) in [7, 11) is -2.88. The number of nitrogens with zero attached hydrogens (tertiary/aromatic N) is 1. The normalized spacial score (nSPS) is 21.2. The molecule has 2 heterocycles. The molecule has 1 aliphatic carbocycles. The average molecular weight is 297 g/mol. The highest BCUT2D eigenvalue weighted by Crippen LogP contribution is 2.37. The van der Waals surface area contributed by atoms with E-state index in [0.717, 1.165) is 12.8 Å². The Morgan fingerprint density at radius 2 is 2.10 bits per heavy atom. The molecule has 0 bridgehead atoms. The van der Waals surface area contributed by atoms with Gasteiger partial charge >= 0.3 is 0 Å². The fourth-order valence-corrected chi connectivity index (χ4v) is 3.83. The Labute approximate surface area is 115 Å². The summed E-state index contributed by atoms with van der Waals surface area (Å²) in [6.07, 6.45) is 1.96. The van der Waals surface area contributed by atoms with Crippen LogP contribution in [0.1, 0.15) is 35.1 Å². The maximum absolute atomic E-state index is 11.9. The molecule has 2 aliphatic rings. The first-order chi connectivity index (χ1) is 9.43. The summed E-state index contributed by atoms with van der Waals surface area (Å²) in [4.78, 5) is 30.2. The van der Waals surface area contributed by atoms with Gasteiger partial charge in [0, 0.05) is 24.4 Å². The first-order valence-electron chi connectivity index (χ1n) is 6.53. The lowest BCUT2D eigenvalue weighted by atomic mass is 10.2. The molecule has 2 fully saturated rings. The second-order valence-corrected chi connectivity index (χ2v) is 7.60. The molecule has 20 heavy (non-hydrogen) atoms. The zero-order chi connectivity index (χ0) is 14.3. The molecule has 0 spiro atoms. The van der Waals surface area contributed by atoms with Crippen LogP contribution in [0.4, 0.5) is 0 Å². The Bertz CT molecular complexity index is 694. The van der Waals surface area contributed by atoms with Crippen molar-refractivity contribution in [2.45, 2.75) is 18.8 Å². The van der Waals surface area contributed by atoms with E-state index in [9.17, 15) is 18.0 Å². The Kier molecular flexibility index (Phi) is 3.12. The molecule has 1 saturated heterocycles. The first kappa shape index (κ1) is 13.3. The Balaban J connectivity index is 1.63. The van der Waals surface area contributed by atoms with Gasteiger partial charge in [0.25, 0.3) is 11.5 Å². The maximum atomic E-state index is 11.9. The number of nitrogens with one attached hydrogen (secondary N) is 2. The monoisotopic (exact) mass is 297 g/mol. The number of hydrogen-bond donors (Lipinski definition) is 2. The zero-order valence-electron chi connectivity index (χ0n) is 10.8. The van der Waals surface area contributed by atoms with Crippen molar-refractivity contribution < 1.29 is 13.2 Å². The molecule has 0 radical (unpaired) electrons. The minimum atomic E-state index is -2.88. The van der Waals surface area contributed by atoms with Gasteiger partial charge in [0.15, 0.2) is 9.84 Å². The number of carbonyl (C=O) groups is 1. The molecule has 0 aromatic carbocycles. The van der Waals surface area contributed by atoms with E-state index in [1.165, 1.54) is 6.07 Å². The number of rotatable bonds is 4. The van der Waals surface area contributed by atoms with E-state index < -0.39 is 15.7 Å². The molecule has 1 saturated carbocycles. The molecule has 1 amide bonds. The number of amides is 1.